The molecule has 1 aromatic carbocycles. The van der Waals surface area contributed by atoms with Gasteiger partial charge in [-0.3, -0.25) is 18.3 Å². The van der Waals surface area contributed by atoms with Gasteiger partial charge in [-0.25, -0.2) is 9.55 Å². The summed E-state index contributed by atoms with van der Waals surface area (Å²) in [6.45, 7) is 3.39. The predicted octanol–water partition coefficient (Wildman–Crippen LogP) is 2.43. The zero-order valence-corrected chi connectivity index (χ0v) is 23.3. The van der Waals surface area contributed by atoms with Gasteiger partial charge in [-0.1, -0.05) is 18.2 Å². The number of nitrogens with zero attached hydrogens (tertiary/aromatic N) is 4. The molecule has 1 unspecified atom stereocenters. The maximum absolute atomic E-state index is 14.2. The number of ether oxygens (including phenoxy) is 2. The third-order valence-corrected chi connectivity index (χ3v) is 7.71. The number of nitrogens with two attached hydrogens (primary N) is 1. The summed E-state index contributed by atoms with van der Waals surface area (Å²) in [5.74, 6) is -1.17. The molecule has 0 spiro atoms. The number of aliphatic hydroxyl groups is 1. The van der Waals surface area contributed by atoms with Crippen LogP contribution in [-0.2, 0) is 23.4 Å². The molecule has 5 N–H and O–H groups in total. The lowest BCUT2D eigenvalue weighted by Gasteiger charge is -2.25. The highest BCUT2D eigenvalue weighted by molar-refractivity contribution is 7.52. The Balaban J connectivity index is 1.55. The molecule has 2 aromatic heterocycles. The van der Waals surface area contributed by atoms with Crippen LogP contribution < -0.4 is 20.7 Å². The Hall–Kier alpha value is -3.36. The van der Waals surface area contributed by atoms with Crippen molar-refractivity contribution in [2.75, 3.05) is 31.4 Å². The maximum atomic E-state index is 14.2. The van der Waals surface area contributed by atoms with Gasteiger partial charge >= 0.3 is 13.7 Å². The number of rotatable bonds is 12. The molecule has 0 radical (unpaired) electrons. The highest BCUT2D eigenvalue weighted by atomic mass is 31.2. The summed E-state index contributed by atoms with van der Waals surface area (Å²) in [5.41, 5.74) is 6.47. The number of para-hydroxylation sites is 1. The van der Waals surface area contributed by atoms with E-state index in [9.17, 15) is 18.9 Å². The summed E-state index contributed by atoms with van der Waals surface area (Å²) in [5, 5.41) is 16.4. The van der Waals surface area contributed by atoms with Crippen LogP contribution in [0.2, 0.25) is 0 Å². The average molecular weight is 582 g/mol. The van der Waals surface area contributed by atoms with E-state index in [2.05, 4.69) is 25.4 Å². The number of carbonyl (C=O) groups is 1. The molecule has 0 aliphatic carbocycles. The first-order valence-electron chi connectivity index (χ1n) is 12.6. The van der Waals surface area contributed by atoms with Crippen LogP contribution in [0.1, 0.15) is 27.0 Å². The van der Waals surface area contributed by atoms with Gasteiger partial charge < -0.3 is 30.2 Å². The predicted molar refractivity (Wildman–Crippen MR) is 143 cm³/mol. The number of anilines is 2. The maximum Gasteiger partial charge on any atom is 0.459 e. The lowest BCUT2D eigenvalue weighted by atomic mass is 10.0. The van der Waals surface area contributed by atoms with E-state index in [1.54, 1.807) is 51.2 Å². The van der Waals surface area contributed by atoms with Gasteiger partial charge in [-0.15, -0.1) is 0 Å². The lowest BCUT2D eigenvalue weighted by molar-refractivity contribution is -0.149. The molecule has 3 heterocycles. The van der Waals surface area contributed by atoms with Crippen LogP contribution in [0.15, 0.2) is 36.7 Å². The van der Waals surface area contributed by atoms with Gasteiger partial charge in [-0.05, 0) is 32.9 Å². The minimum Gasteiger partial charge on any atom is -0.462 e. The zero-order chi connectivity index (χ0) is 29.0. The Bertz CT molecular complexity index is 1360. The van der Waals surface area contributed by atoms with Crippen molar-refractivity contribution in [3.8, 4) is 5.75 Å². The van der Waals surface area contributed by atoms with Gasteiger partial charge in [0.1, 0.15) is 24.1 Å². The number of hydrogen-bond acceptors (Lipinski definition) is 12. The van der Waals surface area contributed by atoms with E-state index in [0.29, 0.717) is 11.3 Å². The van der Waals surface area contributed by atoms with Crippen LogP contribution in [0.3, 0.4) is 0 Å². The number of nitrogen functional groups attached to an aromatic ring is 1. The molecule has 6 atom stereocenters. The molecule has 1 saturated heterocycles. The number of aromatic nitrogens is 4. The number of halogens is 1. The Morgan fingerprint density at radius 2 is 2.00 bits per heavy atom. The molecule has 3 aromatic rings. The third kappa shape index (κ3) is 6.50. The van der Waals surface area contributed by atoms with Crippen molar-refractivity contribution in [3.63, 3.8) is 0 Å². The topological polar surface area (TPSA) is 185 Å². The standard InChI is InChI=1S/C24H33FN7O7P/c1-13(2)37-23(34)14(3)31-40(35,39-15-8-6-5-7-9-15)36-11-17-19(33)16(10-25)22(38-17)32-12-28-18-20(27-4)29-24(26)30-21(18)32/h5-9,12-14,16-17,19,22,33H,10-11H2,1-4H3,(H,31,35)(H3,26,27,29,30)/t14-,16-,17+,19-,22+,40?/m0/s1. The Morgan fingerprint density at radius 3 is 2.65 bits per heavy atom. The molecule has 0 amide bonds. The van der Waals surface area contributed by atoms with Gasteiger partial charge in [0.25, 0.3) is 0 Å². The van der Waals surface area contributed by atoms with Crippen molar-refractivity contribution < 1.29 is 37.4 Å². The van der Waals surface area contributed by atoms with Gasteiger partial charge in [0.2, 0.25) is 5.95 Å². The molecular weight excluding hydrogens is 548 g/mol. The smallest absolute Gasteiger partial charge is 0.459 e. The highest BCUT2D eigenvalue weighted by Gasteiger charge is 2.47. The van der Waals surface area contributed by atoms with Crippen LogP contribution in [0, 0.1) is 5.92 Å². The number of alkyl halides is 1. The molecule has 4 rings (SSSR count). The number of hydrogen-bond donors (Lipinski definition) is 4. The number of nitrogens with one attached hydrogen (secondary N) is 2. The normalized spacial score (nSPS) is 23.2. The lowest BCUT2D eigenvalue weighted by Crippen LogP contribution is -2.37. The van der Waals surface area contributed by atoms with Crippen molar-refractivity contribution in [1.82, 2.24) is 24.6 Å². The van der Waals surface area contributed by atoms with Crippen LogP contribution in [0.25, 0.3) is 11.2 Å². The molecule has 14 nitrogen and oxygen atoms in total. The summed E-state index contributed by atoms with van der Waals surface area (Å²) in [6, 6.07) is 7.13. The van der Waals surface area contributed by atoms with Gasteiger partial charge in [0, 0.05) is 7.05 Å². The van der Waals surface area contributed by atoms with E-state index in [1.165, 1.54) is 17.8 Å². The van der Waals surface area contributed by atoms with E-state index in [4.69, 9.17) is 24.3 Å². The van der Waals surface area contributed by atoms with Crippen molar-refractivity contribution in [1.29, 1.82) is 0 Å². The Morgan fingerprint density at radius 1 is 1.27 bits per heavy atom. The number of imidazole rings is 1. The van der Waals surface area contributed by atoms with Crippen LogP contribution in [-0.4, -0.2) is 75.3 Å². The second kappa shape index (κ2) is 12.4. The third-order valence-electron chi connectivity index (χ3n) is 6.06. The van der Waals surface area contributed by atoms with Crippen molar-refractivity contribution >= 4 is 36.6 Å². The quantitative estimate of drug-likeness (QED) is 0.181. The minimum atomic E-state index is -4.24. The van der Waals surface area contributed by atoms with Crippen LogP contribution in [0.4, 0.5) is 16.2 Å². The average Bonchev–Trinajstić information content (AvgIpc) is 3.47. The van der Waals surface area contributed by atoms with Gasteiger partial charge in [0.05, 0.1) is 37.7 Å². The van der Waals surface area contributed by atoms with E-state index >= 15 is 0 Å². The fourth-order valence-corrected chi connectivity index (χ4v) is 5.68. The Labute approximate surface area is 230 Å². The minimum absolute atomic E-state index is 0.0379. The van der Waals surface area contributed by atoms with E-state index in [-0.39, 0.29) is 17.3 Å². The number of fused-ring (bicyclic) bond motifs is 1. The van der Waals surface area contributed by atoms with Crippen molar-refractivity contribution in [2.24, 2.45) is 5.92 Å². The second-order valence-corrected chi connectivity index (χ2v) is 11.1. The van der Waals surface area contributed by atoms with E-state index in [0.717, 1.165) is 0 Å². The highest BCUT2D eigenvalue weighted by Crippen LogP contribution is 2.46. The van der Waals surface area contributed by atoms with E-state index in [1.807, 2.05) is 0 Å². The zero-order valence-electron chi connectivity index (χ0n) is 22.4. The summed E-state index contributed by atoms with van der Waals surface area (Å²) in [4.78, 5) is 24.9. The Kier molecular flexibility index (Phi) is 9.21. The molecule has 1 aliphatic rings. The number of aliphatic hydroxyl groups excluding tert-OH is 1. The molecule has 0 bridgehead atoms. The molecular formula is C24H33FN7O7P. The SMILES string of the molecule is CNc1nc(N)nc2c1ncn2[C@@H]1O[C@H](COP(=O)(N[C@@H](C)C(=O)OC(C)C)Oc2ccccc2)[C@@H](O)[C@@H]1CF. The van der Waals surface area contributed by atoms with Gasteiger partial charge in [-0.2, -0.15) is 15.1 Å². The molecule has 16 heteroatoms. The number of carbonyl (C=O) groups excluding carboxylic acids is 1. The second-order valence-electron chi connectivity index (χ2n) is 9.41. The number of esters is 1. The molecule has 218 valence electrons. The molecule has 0 saturated carbocycles. The monoisotopic (exact) mass is 581 g/mol. The summed E-state index contributed by atoms with van der Waals surface area (Å²) in [7, 11) is -2.60. The number of benzene rings is 1. The first-order valence-corrected chi connectivity index (χ1v) is 14.1. The van der Waals surface area contributed by atoms with Crippen LogP contribution >= 0.6 is 7.75 Å². The first-order chi connectivity index (χ1) is 19.0. The molecule has 1 aliphatic heterocycles. The molecule has 1 fully saturated rings. The van der Waals surface area contributed by atoms with Crippen molar-refractivity contribution in [3.05, 3.63) is 36.7 Å². The van der Waals surface area contributed by atoms with E-state index < -0.39 is 63.5 Å². The summed E-state index contributed by atoms with van der Waals surface area (Å²) in [6.07, 6.45) is -2.54. The largest absolute Gasteiger partial charge is 0.462 e. The fraction of sp³-hybridized carbons (Fsp3) is 0.500. The fourth-order valence-electron chi connectivity index (χ4n) is 4.18. The van der Waals surface area contributed by atoms with Crippen molar-refractivity contribution in [2.45, 2.75) is 51.4 Å². The molecule has 40 heavy (non-hydrogen) atoms. The summed E-state index contributed by atoms with van der Waals surface area (Å²) >= 11 is 0. The summed E-state index contributed by atoms with van der Waals surface area (Å²) < 4.78 is 51.8. The van der Waals surface area contributed by atoms with Crippen LogP contribution in [0.5, 0.6) is 5.75 Å². The first kappa shape index (κ1) is 29.6. The van der Waals surface area contributed by atoms with Gasteiger partial charge in [0.15, 0.2) is 17.0 Å².